The van der Waals surface area contributed by atoms with Crippen LogP contribution in [0.4, 0.5) is 0 Å². The van der Waals surface area contributed by atoms with Gasteiger partial charge in [0.15, 0.2) is 7.42 Å². The predicted molar refractivity (Wildman–Crippen MR) is 128 cm³/mol. The average Bonchev–Trinajstić information content (AvgIpc) is 2.20. The Morgan fingerprint density at radius 3 is 1.25 bits per heavy atom. The maximum absolute atomic E-state index is 4.45. The van der Waals surface area contributed by atoms with Crippen molar-refractivity contribution < 1.29 is 0 Å². The summed E-state index contributed by atoms with van der Waals surface area (Å²) >= 11 is 4.45. The van der Waals surface area contributed by atoms with Gasteiger partial charge in [0.05, 0.1) is 0 Å². The van der Waals surface area contributed by atoms with E-state index in [2.05, 4.69) is 107 Å². The highest BCUT2D eigenvalue weighted by molar-refractivity contribution is 9.25. The van der Waals surface area contributed by atoms with E-state index >= 15 is 0 Å². The van der Waals surface area contributed by atoms with Crippen LogP contribution in [0, 0.1) is 20.8 Å². The number of aryl methyl sites for hydroxylation is 3. The van der Waals surface area contributed by atoms with Gasteiger partial charge in [-0.2, -0.15) is 0 Å². The van der Waals surface area contributed by atoms with Crippen molar-refractivity contribution in [1.29, 1.82) is 0 Å². The molecule has 0 unspecified atom stereocenters. The second kappa shape index (κ2) is 6.95. The topological polar surface area (TPSA) is 0 Å². The first-order valence-electron chi connectivity index (χ1n) is 9.09. The van der Waals surface area contributed by atoms with Crippen LogP contribution < -0.4 is 5.19 Å². The molecule has 137 valence electrons. The summed E-state index contributed by atoms with van der Waals surface area (Å²) in [6.07, 6.45) is 0. The molecule has 0 atom stereocenters. The quantitative estimate of drug-likeness (QED) is 0.345. The molecule has 0 spiro atoms. The van der Waals surface area contributed by atoms with Gasteiger partial charge in [-0.15, -0.1) is 15.3 Å². The number of halogens is 1. The number of rotatable bonds is 5. The molecule has 0 aliphatic carbocycles. The fourth-order valence-electron chi connectivity index (χ4n) is 6.08. The van der Waals surface area contributed by atoms with Crippen molar-refractivity contribution in [2.24, 2.45) is 0 Å². The summed E-state index contributed by atoms with van der Waals surface area (Å²) in [5.74, 6) is 0. The van der Waals surface area contributed by atoms with Crippen molar-refractivity contribution >= 4 is 52.1 Å². The zero-order chi connectivity index (χ0) is 19.3. The van der Waals surface area contributed by atoms with Gasteiger partial charge in [0.1, 0.15) is 0 Å². The van der Waals surface area contributed by atoms with Crippen molar-refractivity contribution in [3.05, 3.63) is 28.8 Å². The lowest BCUT2D eigenvalue weighted by molar-refractivity contribution is 1.22. The minimum atomic E-state index is -1.39. The molecule has 0 bridgehead atoms. The molecule has 1 radical (unpaired) electrons. The lowest BCUT2D eigenvalue weighted by atomic mass is 10.1. The Bertz CT molecular complexity index is 544. The van der Waals surface area contributed by atoms with Crippen molar-refractivity contribution in [2.75, 3.05) is 0 Å². The highest BCUT2D eigenvalue weighted by atomic mass is 79.9. The molecule has 0 aliphatic rings. The first kappa shape index (κ1) is 22.6. The van der Waals surface area contributed by atoms with Gasteiger partial charge in [0.2, 0.25) is 0 Å². The third kappa shape index (κ3) is 3.66. The minimum absolute atomic E-state index is 0.586. The standard InChI is InChI=1S/C19H38BrSi4/c1-15-13-16(2)18(17(3)14-15)21(20)19(22(4,5)6,23(7,8)9)24(10,11)12/h13-14H,1-12H3. The zero-order valence-corrected chi connectivity index (χ0v) is 23.6. The second-order valence-corrected chi connectivity index (χ2v) is 33.6. The summed E-state index contributed by atoms with van der Waals surface area (Å²) in [6.45, 7) is 30.7. The van der Waals surface area contributed by atoms with E-state index in [1.165, 1.54) is 16.7 Å². The second-order valence-electron chi connectivity index (χ2n) is 10.6. The van der Waals surface area contributed by atoms with E-state index in [0.717, 1.165) is 0 Å². The van der Waals surface area contributed by atoms with Crippen LogP contribution in [0.15, 0.2) is 12.1 Å². The molecule has 1 rings (SSSR count). The van der Waals surface area contributed by atoms with Gasteiger partial charge in [-0.05, 0) is 29.9 Å². The van der Waals surface area contributed by atoms with E-state index in [1.54, 1.807) is 5.19 Å². The molecular weight excluding hydrogens is 420 g/mol. The van der Waals surface area contributed by atoms with E-state index in [-0.39, 0.29) is 0 Å². The highest BCUT2D eigenvalue weighted by Gasteiger charge is 2.64. The summed E-state index contributed by atoms with van der Waals surface area (Å²) in [5.41, 5.74) is 4.42. The highest BCUT2D eigenvalue weighted by Crippen LogP contribution is 2.56. The molecule has 0 amide bonds. The predicted octanol–water partition coefficient (Wildman–Crippen LogP) is 6.58. The van der Waals surface area contributed by atoms with Gasteiger partial charge < -0.3 is 0 Å². The number of benzene rings is 1. The Kier molecular flexibility index (Phi) is 6.54. The van der Waals surface area contributed by atoms with E-state index in [0.29, 0.717) is 3.91 Å². The maximum Gasteiger partial charge on any atom is 0.168 e. The van der Waals surface area contributed by atoms with Crippen LogP contribution in [0.25, 0.3) is 0 Å². The lowest BCUT2D eigenvalue weighted by Crippen LogP contribution is -2.73. The van der Waals surface area contributed by atoms with Gasteiger partial charge in [-0.25, -0.2) is 0 Å². The van der Waals surface area contributed by atoms with Gasteiger partial charge in [-0.3, -0.25) is 0 Å². The Balaban J connectivity index is 3.88. The van der Waals surface area contributed by atoms with Crippen LogP contribution in [0.1, 0.15) is 16.7 Å². The molecule has 1 aromatic rings. The normalized spacial score (nSPS) is 14.4. The van der Waals surface area contributed by atoms with Crippen LogP contribution in [0.5, 0.6) is 0 Å². The molecule has 0 heterocycles. The van der Waals surface area contributed by atoms with Crippen molar-refractivity contribution in [3.8, 4) is 0 Å². The minimum Gasteiger partial charge on any atom is -0.122 e. The molecule has 0 N–H and O–H groups in total. The van der Waals surface area contributed by atoms with E-state index in [9.17, 15) is 0 Å². The van der Waals surface area contributed by atoms with Crippen molar-refractivity contribution in [2.45, 2.75) is 83.6 Å². The van der Waals surface area contributed by atoms with Crippen LogP contribution >= 0.6 is 15.3 Å². The summed E-state index contributed by atoms with van der Waals surface area (Å²) < 4.78 is 0.586. The molecular formula is C19H38BrSi4. The lowest BCUT2D eigenvalue weighted by Gasteiger charge is -2.61. The Morgan fingerprint density at radius 1 is 0.708 bits per heavy atom. The number of hydrogen-bond donors (Lipinski definition) is 0. The molecule has 5 heteroatoms. The van der Waals surface area contributed by atoms with E-state index < -0.39 is 31.6 Å². The monoisotopic (exact) mass is 457 g/mol. The number of hydrogen-bond acceptors (Lipinski definition) is 0. The summed E-state index contributed by atoms with van der Waals surface area (Å²) in [7, 11) is -4.99. The maximum atomic E-state index is 4.45. The molecule has 0 fully saturated rings. The smallest absolute Gasteiger partial charge is 0.122 e. The van der Waals surface area contributed by atoms with E-state index in [4.69, 9.17) is 0 Å². The Labute approximate surface area is 164 Å². The van der Waals surface area contributed by atoms with Gasteiger partial charge >= 0.3 is 0 Å². The van der Waals surface area contributed by atoms with Gasteiger partial charge in [0, 0.05) is 24.2 Å². The fraction of sp³-hybridized carbons (Fsp3) is 0.684. The van der Waals surface area contributed by atoms with Crippen LogP contribution in [-0.4, -0.2) is 31.6 Å². The average molecular weight is 459 g/mol. The van der Waals surface area contributed by atoms with Gasteiger partial charge in [0.25, 0.3) is 0 Å². The van der Waals surface area contributed by atoms with E-state index in [1.807, 2.05) is 0 Å². The van der Waals surface area contributed by atoms with Crippen molar-refractivity contribution in [3.63, 3.8) is 0 Å². The third-order valence-electron chi connectivity index (χ3n) is 5.60. The first-order chi connectivity index (χ1) is 10.5. The van der Waals surface area contributed by atoms with Crippen LogP contribution in [0.2, 0.25) is 62.8 Å². The molecule has 0 aromatic heterocycles. The van der Waals surface area contributed by atoms with Crippen molar-refractivity contribution in [1.82, 2.24) is 0 Å². The molecule has 0 saturated carbocycles. The largest absolute Gasteiger partial charge is 0.168 e. The fourth-order valence-corrected chi connectivity index (χ4v) is 61.2. The summed E-state index contributed by atoms with van der Waals surface area (Å²) in [6, 6.07) is 4.80. The molecule has 1 aromatic carbocycles. The molecule has 0 aliphatic heterocycles. The molecule has 24 heavy (non-hydrogen) atoms. The summed E-state index contributed by atoms with van der Waals surface area (Å²) in [4.78, 5) is 0. The Hall–Kier alpha value is 0.568. The zero-order valence-electron chi connectivity index (χ0n) is 18.0. The van der Waals surface area contributed by atoms with Crippen LogP contribution in [0.3, 0.4) is 0 Å². The SMILES string of the molecule is Cc1cc(C)c([Si](Br)C([Si](C)(C)C)([Si](C)(C)C)[Si](C)(C)C)c(C)c1. The molecule has 0 saturated heterocycles. The Morgan fingerprint density at radius 2 is 1.00 bits per heavy atom. The molecule has 0 nitrogen and oxygen atoms in total. The van der Waals surface area contributed by atoms with Gasteiger partial charge in [-0.1, -0.05) is 87.7 Å². The first-order valence-corrected chi connectivity index (χ1v) is 23.4. The summed E-state index contributed by atoms with van der Waals surface area (Å²) in [5, 5.41) is 1.68. The van der Waals surface area contributed by atoms with Crippen LogP contribution in [-0.2, 0) is 0 Å². The third-order valence-corrected chi connectivity index (χ3v) is 43.0.